The van der Waals surface area contributed by atoms with Crippen LogP contribution in [0.5, 0.6) is 0 Å². The summed E-state index contributed by atoms with van der Waals surface area (Å²) in [7, 11) is 0. The molecular formula is C17H19ClN4O2. The van der Waals surface area contributed by atoms with Gasteiger partial charge in [-0.3, -0.25) is 9.36 Å². The molecule has 0 bridgehead atoms. The summed E-state index contributed by atoms with van der Waals surface area (Å²) in [5.41, 5.74) is 1.77. The van der Waals surface area contributed by atoms with Gasteiger partial charge in [0.05, 0.1) is 12.0 Å². The number of hydrogen-bond donors (Lipinski definition) is 2. The summed E-state index contributed by atoms with van der Waals surface area (Å²) >= 11 is 5.81. The maximum atomic E-state index is 12.0. The number of aromatic nitrogens is 2. The number of benzene rings is 1. The van der Waals surface area contributed by atoms with Crippen LogP contribution < -0.4 is 16.2 Å². The molecule has 1 fully saturated rings. The number of carbonyl (C=O) groups excluding carboxylic acids is 1. The smallest absolute Gasteiger partial charge is 0.315 e. The maximum absolute atomic E-state index is 12.0. The summed E-state index contributed by atoms with van der Waals surface area (Å²) in [5, 5.41) is 6.14. The Morgan fingerprint density at radius 1 is 1.25 bits per heavy atom. The average Bonchev–Trinajstić information content (AvgIpc) is 3.41. The fraction of sp³-hybridized carbons (Fsp3) is 0.353. The van der Waals surface area contributed by atoms with Crippen molar-refractivity contribution in [2.24, 2.45) is 0 Å². The fourth-order valence-corrected chi connectivity index (χ4v) is 2.47. The predicted octanol–water partition coefficient (Wildman–Crippen LogP) is 2.27. The van der Waals surface area contributed by atoms with E-state index in [9.17, 15) is 9.59 Å². The summed E-state index contributed by atoms with van der Waals surface area (Å²) in [6.07, 6.45) is 3.79. The van der Waals surface area contributed by atoms with Crippen molar-refractivity contribution in [1.29, 1.82) is 0 Å². The Bertz CT molecular complexity index is 769. The molecule has 126 valence electrons. The monoisotopic (exact) mass is 346 g/mol. The Labute approximate surface area is 144 Å². The van der Waals surface area contributed by atoms with Gasteiger partial charge in [0.1, 0.15) is 0 Å². The largest absolute Gasteiger partial charge is 0.336 e. The van der Waals surface area contributed by atoms with Gasteiger partial charge in [-0.25, -0.2) is 9.78 Å². The van der Waals surface area contributed by atoms with Crippen molar-refractivity contribution in [1.82, 2.24) is 20.2 Å². The van der Waals surface area contributed by atoms with Gasteiger partial charge >= 0.3 is 6.03 Å². The molecule has 6 nitrogen and oxygen atoms in total. The molecule has 0 unspecified atom stereocenters. The SMILES string of the molecule is O=C(NCCn1cnc(C2CC2)cc1=O)NCc1ccc(Cl)cc1. The lowest BCUT2D eigenvalue weighted by atomic mass is 10.2. The second kappa shape index (κ2) is 7.49. The van der Waals surface area contributed by atoms with Crippen LogP contribution in [0.4, 0.5) is 4.79 Å². The van der Waals surface area contributed by atoms with Crippen LogP contribution in [0.15, 0.2) is 41.5 Å². The van der Waals surface area contributed by atoms with Crippen molar-refractivity contribution >= 4 is 17.6 Å². The van der Waals surface area contributed by atoms with E-state index in [4.69, 9.17) is 11.6 Å². The van der Waals surface area contributed by atoms with Gasteiger partial charge in [0.25, 0.3) is 5.56 Å². The van der Waals surface area contributed by atoms with Crippen molar-refractivity contribution < 1.29 is 4.79 Å². The van der Waals surface area contributed by atoms with Gasteiger partial charge in [0.15, 0.2) is 0 Å². The molecule has 0 aliphatic heterocycles. The third kappa shape index (κ3) is 4.58. The summed E-state index contributed by atoms with van der Waals surface area (Å²) < 4.78 is 1.51. The van der Waals surface area contributed by atoms with E-state index in [-0.39, 0.29) is 11.6 Å². The highest BCUT2D eigenvalue weighted by atomic mass is 35.5. The van der Waals surface area contributed by atoms with Crippen molar-refractivity contribution in [3.8, 4) is 0 Å². The molecule has 0 saturated heterocycles. The van der Waals surface area contributed by atoms with E-state index in [1.54, 1.807) is 24.5 Å². The number of halogens is 1. The lowest BCUT2D eigenvalue weighted by Gasteiger charge is -2.09. The van der Waals surface area contributed by atoms with Crippen LogP contribution in [0.25, 0.3) is 0 Å². The molecule has 2 amide bonds. The molecule has 0 atom stereocenters. The van der Waals surface area contributed by atoms with Crippen LogP contribution in [0.1, 0.15) is 30.0 Å². The molecule has 2 aromatic rings. The molecule has 1 aromatic heterocycles. The summed E-state index contributed by atoms with van der Waals surface area (Å²) in [5.74, 6) is 0.462. The molecule has 3 rings (SSSR count). The van der Waals surface area contributed by atoms with E-state index in [0.717, 1.165) is 24.1 Å². The summed E-state index contributed by atoms with van der Waals surface area (Å²) in [6, 6.07) is 8.59. The van der Waals surface area contributed by atoms with E-state index in [2.05, 4.69) is 15.6 Å². The van der Waals surface area contributed by atoms with Crippen molar-refractivity contribution in [3.05, 3.63) is 63.3 Å². The maximum Gasteiger partial charge on any atom is 0.315 e. The van der Waals surface area contributed by atoms with Gasteiger partial charge in [-0.2, -0.15) is 0 Å². The predicted molar refractivity (Wildman–Crippen MR) is 92.2 cm³/mol. The van der Waals surface area contributed by atoms with E-state index < -0.39 is 0 Å². The zero-order chi connectivity index (χ0) is 16.9. The molecule has 1 aliphatic rings. The van der Waals surface area contributed by atoms with E-state index >= 15 is 0 Å². The van der Waals surface area contributed by atoms with Crippen LogP contribution in [-0.2, 0) is 13.1 Å². The minimum atomic E-state index is -0.277. The first-order chi connectivity index (χ1) is 11.6. The Morgan fingerprint density at radius 3 is 2.67 bits per heavy atom. The van der Waals surface area contributed by atoms with Gasteiger partial charge in [0, 0.05) is 36.6 Å². The molecule has 24 heavy (non-hydrogen) atoms. The number of carbonyl (C=O) groups is 1. The zero-order valence-corrected chi connectivity index (χ0v) is 13.9. The quantitative estimate of drug-likeness (QED) is 0.842. The molecule has 1 saturated carbocycles. The lowest BCUT2D eigenvalue weighted by molar-refractivity contribution is 0.240. The molecule has 2 N–H and O–H groups in total. The third-order valence-corrected chi connectivity index (χ3v) is 4.15. The van der Waals surface area contributed by atoms with Gasteiger partial charge < -0.3 is 10.6 Å². The topological polar surface area (TPSA) is 76.0 Å². The second-order valence-electron chi connectivity index (χ2n) is 5.86. The third-order valence-electron chi connectivity index (χ3n) is 3.90. The van der Waals surface area contributed by atoms with Crippen LogP contribution >= 0.6 is 11.6 Å². The number of urea groups is 1. The summed E-state index contributed by atoms with van der Waals surface area (Å²) in [4.78, 5) is 28.0. The molecule has 1 aromatic carbocycles. The number of rotatable bonds is 6. The molecule has 1 aliphatic carbocycles. The second-order valence-corrected chi connectivity index (χ2v) is 6.29. The molecular weight excluding hydrogens is 328 g/mol. The highest BCUT2D eigenvalue weighted by Crippen LogP contribution is 2.38. The van der Waals surface area contributed by atoms with Crippen LogP contribution in [-0.4, -0.2) is 22.1 Å². The highest BCUT2D eigenvalue weighted by Gasteiger charge is 2.25. The normalized spacial score (nSPS) is 13.5. The van der Waals surface area contributed by atoms with Gasteiger partial charge in [-0.1, -0.05) is 23.7 Å². The Kier molecular flexibility index (Phi) is 5.15. The minimum Gasteiger partial charge on any atom is -0.336 e. The zero-order valence-electron chi connectivity index (χ0n) is 13.2. The van der Waals surface area contributed by atoms with E-state index in [0.29, 0.717) is 30.6 Å². The van der Waals surface area contributed by atoms with E-state index in [1.165, 1.54) is 4.57 Å². The van der Waals surface area contributed by atoms with Gasteiger partial charge in [-0.05, 0) is 30.5 Å². The molecule has 7 heteroatoms. The average molecular weight is 347 g/mol. The molecule has 0 radical (unpaired) electrons. The number of hydrogen-bond acceptors (Lipinski definition) is 3. The number of nitrogens with zero attached hydrogens (tertiary/aromatic N) is 2. The molecule has 1 heterocycles. The standard InChI is InChI=1S/C17H19ClN4O2/c18-14-5-1-12(2-6-14)10-20-17(24)19-7-8-22-11-21-15(9-16(22)23)13-3-4-13/h1-2,5-6,9,11,13H,3-4,7-8,10H2,(H2,19,20,24). The number of amides is 2. The first-order valence-corrected chi connectivity index (χ1v) is 8.32. The Morgan fingerprint density at radius 2 is 2.00 bits per heavy atom. The van der Waals surface area contributed by atoms with Crippen LogP contribution in [0.3, 0.4) is 0 Å². The van der Waals surface area contributed by atoms with Crippen molar-refractivity contribution in [3.63, 3.8) is 0 Å². The van der Waals surface area contributed by atoms with E-state index in [1.807, 2.05) is 12.1 Å². The lowest BCUT2D eigenvalue weighted by Crippen LogP contribution is -2.38. The fourth-order valence-electron chi connectivity index (χ4n) is 2.35. The van der Waals surface area contributed by atoms with Gasteiger partial charge in [-0.15, -0.1) is 0 Å². The van der Waals surface area contributed by atoms with Crippen molar-refractivity contribution in [2.75, 3.05) is 6.54 Å². The first-order valence-electron chi connectivity index (χ1n) is 7.94. The highest BCUT2D eigenvalue weighted by molar-refractivity contribution is 6.30. The van der Waals surface area contributed by atoms with Crippen LogP contribution in [0.2, 0.25) is 5.02 Å². The Hall–Kier alpha value is -2.34. The van der Waals surface area contributed by atoms with Crippen molar-refractivity contribution in [2.45, 2.75) is 31.8 Å². The molecule has 0 spiro atoms. The number of nitrogens with one attached hydrogen (secondary N) is 2. The Balaban J connectivity index is 1.41. The summed E-state index contributed by atoms with van der Waals surface area (Å²) in [6.45, 7) is 1.17. The van der Waals surface area contributed by atoms with Crippen LogP contribution in [0, 0.1) is 0 Å². The first kappa shape index (κ1) is 16.5. The van der Waals surface area contributed by atoms with Gasteiger partial charge in [0.2, 0.25) is 0 Å². The minimum absolute atomic E-state index is 0.0738.